The van der Waals surface area contributed by atoms with E-state index in [4.69, 9.17) is 4.74 Å². The number of amides is 3. The predicted octanol–water partition coefficient (Wildman–Crippen LogP) is 3.17. The number of hydrogen-bond donors (Lipinski definition) is 3. The Morgan fingerprint density at radius 3 is 2.28 bits per heavy atom. The molecular formula is C29H32F5N3O6. The van der Waals surface area contributed by atoms with Gasteiger partial charge in [-0.05, 0) is 31.0 Å². The van der Waals surface area contributed by atoms with Crippen LogP contribution >= 0.6 is 0 Å². The minimum absolute atomic E-state index is 0.0229. The van der Waals surface area contributed by atoms with Crippen molar-refractivity contribution in [1.82, 2.24) is 15.5 Å². The first-order chi connectivity index (χ1) is 19.9. The van der Waals surface area contributed by atoms with Gasteiger partial charge >= 0.3 is 12.1 Å². The summed E-state index contributed by atoms with van der Waals surface area (Å²) in [5.74, 6) is -7.92. The lowest BCUT2D eigenvalue weighted by Crippen LogP contribution is -2.58. The Morgan fingerprint density at radius 1 is 1.07 bits per heavy atom. The van der Waals surface area contributed by atoms with Crippen molar-refractivity contribution in [3.63, 3.8) is 0 Å². The number of rotatable bonds is 9. The fourth-order valence-electron chi connectivity index (χ4n) is 4.88. The van der Waals surface area contributed by atoms with Crippen LogP contribution in [0, 0.1) is 12.3 Å². The number of hydrogen-bond acceptors (Lipinski definition) is 6. The summed E-state index contributed by atoms with van der Waals surface area (Å²) in [5, 5.41) is 15.3. The van der Waals surface area contributed by atoms with Gasteiger partial charge in [0, 0.05) is 18.1 Å². The number of aliphatic hydroxyl groups is 1. The highest BCUT2D eigenvalue weighted by Gasteiger charge is 2.64. The lowest BCUT2D eigenvalue weighted by molar-refractivity contribution is -0.151. The molecule has 0 aliphatic carbocycles. The van der Waals surface area contributed by atoms with Crippen LogP contribution in [0.5, 0.6) is 5.75 Å². The molecule has 1 heterocycles. The number of halogens is 5. The third-order valence-corrected chi connectivity index (χ3v) is 7.33. The van der Waals surface area contributed by atoms with Gasteiger partial charge < -0.3 is 25.4 Å². The van der Waals surface area contributed by atoms with E-state index in [2.05, 4.69) is 5.32 Å². The standard InChI is InChI=1S/C29H32F5N3O6/c1-16-19(11-8-12-21(16)43-17(2)38)24(40)36-20(13-18-9-6-5-7-10-18)22(39)26(42)37-15-28(30,31)27(3,4)23(37)25(41)35-14-29(32,33)34/h5-12,20,22-23,39H,13-15H2,1-4H3,(H,35,41)(H,36,40)/t20-,22-,23+/m0/s1. The number of aliphatic hydroxyl groups excluding tert-OH is 1. The molecule has 0 unspecified atom stereocenters. The first-order valence-corrected chi connectivity index (χ1v) is 13.2. The molecule has 0 spiro atoms. The Kier molecular flexibility index (Phi) is 9.84. The minimum Gasteiger partial charge on any atom is -0.426 e. The molecular weight excluding hydrogens is 581 g/mol. The van der Waals surface area contributed by atoms with Crippen LogP contribution in [-0.4, -0.2) is 77.1 Å². The van der Waals surface area contributed by atoms with E-state index in [9.17, 15) is 37.5 Å². The van der Waals surface area contributed by atoms with Crippen molar-refractivity contribution < 1.29 is 51.0 Å². The highest BCUT2D eigenvalue weighted by Crippen LogP contribution is 2.48. The molecule has 3 rings (SSSR count). The molecule has 0 radical (unpaired) electrons. The number of esters is 1. The summed E-state index contributed by atoms with van der Waals surface area (Å²) in [6, 6.07) is 9.04. The summed E-state index contributed by atoms with van der Waals surface area (Å²) < 4.78 is 73.5. The molecule has 2 aromatic rings. The number of alkyl halides is 5. The van der Waals surface area contributed by atoms with E-state index < -0.39 is 72.5 Å². The van der Waals surface area contributed by atoms with Crippen LogP contribution < -0.4 is 15.4 Å². The van der Waals surface area contributed by atoms with Crippen molar-refractivity contribution in [2.24, 2.45) is 5.41 Å². The Labute approximate surface area is 244 Å². The Hall–Kier alpha value is -4.07. The SMILES string of the molecule is CC(=O)Oc1cccc(C(=O)N[C@@H](Cc2ccccc2)[C@H](O)C(=O)N2CC(F)(F)C(C)(C)[C@H]2C(=O)NCC(F)(F)F)c1C. The number of carbonyl (C=O) groups excluding carboxylic acids is 4. The molecule has 3 N–H and O–H groups in total. The highest BCUT2D eigenvalue weighted by molar-refractivity contribution is 5.97. The van der Waals surface area contributed by atoms with Gasteiger partial charge in [-0.15, -0.1) is 0 Å². The molecule has 0 aromatic heterocycles. The first kappa shape index (κ1) is 33.4. The quantitative estimate of drug-likeness (QED) is 0.227. The molecule has 1 fully saturated rings. The number of nitrogens with zero attached hydrogens (tertiary/aromatic N) is 1. The Morgan fingerprint density at radius 2 is 1.70 bits per heavy atom. The largest absolute Gasteiger partial charge is 0.426 e. The summed E-state index contributed by atoms with van der Waals surface area (Å²) in [6.45, 7) is 1.38. The van der Waals surface area contributed by atoms with Crippen LogP contribution in [0.2, 0.25) is 0 Å². The van der Waals surface area contributed by atoms with Gasteiger partial charge in [0.05, 0.1) is 18.0 Å². The maximum absolute atomic E-state index is 15.0. The smallest absolute Gasteiger partial charge is 0.405 e. The van der Waals surface area contributed by atoms with E-state index in [1.807, 2.05) is 0 Å². The molecule has 14 heteroatoms. The van der Waals surface area contributed by atoms with Crippen molar-refractivity contribution in [2.75, 3.05) is 13.1 Å². The summed E-state index contributed by atoms with van der Waals surface area (Å²) in [5.41, 5.74) is -1.48. The van der Waals surface area contributed by atoms with Crippen molar-refractivity contribution in [3.05, 3.63) is 65.2 Å². The zero-order chi connectivity index (χ0) is 32.3. The molecule has 43 heavy (non-hydrogen) atoms. The van der Waals surface area contributed by atoms with Crippen molar-refractivity contribution >= 4 is 23.7 Å². The minimum atomic E-state index is -4.84. The summed E-state index contributed by atoms with van der Waals surface area (Å²) in [4.78, 5) is 51.5. The van der Waals surface area contributed by atoms with E-state index in [1.54, 1.807) is 35.6 Å². The zero-order valence-electron chi connectivity index (χ0n) is 23.8. The van der Waals surface area contributed by atoms with Crippen molar-refractivity contribution in [2.45, 2.75) is 64.4 Å². The lowest BCUT2D eigenvalue weighted by Gasteiger charge is -2.34. The average molecular weight is 614 g/mol. The second-order valence-corrected chi connectivity index (χ2v) is 10.9. The number of carbonyl (C=O) groups is 4. The molecule has 2 aromatic carbocycles. The fraction of sp³-hybridized carbons (Fsp3) is 0.448. The summed E-state index contributed by atoms with van der Waals surface area (Å²) in [6.07, 6.45) is -7.20. The van der Waals surface area contributed by atoms with E-state index in [-0.39, 0.29) is 23.3 Å². The van der Waals surface area contributed by atoms with Crippen LogP contribution in [0.4, 0.5) is 22.0 Å². The second-order valence-electron chi connectivity index (χ2n) is 10.9. The van der Waals surface area contributed by atoms with E-state index in [1.165, 1.54) is 32.0 Å². The van der Waals surface area contributed by atoms with Gasteiger partial charge in [0.25, 0.3) is 17.7 Å². The van der Waals surface area contributed by atoms with Gasteiger partial charge in [-0.3, -0.25) is 19.2 Å². The number of ether oxygens (including phenoxy) is 1. The average Bonchev–Trinajstić information content (AvgIpc) is 3.10. The summed E-state index contributed by atoms with van der Waals surface area (Å²) in [7, 11) is 0. The summed E-state index contributed by atoms with van der Waals surface area (Å²) >= 11 is 0. The van der Waals surface area contributed by atoms with Crippen molar-refractivity contribution in [1.29, 1.82) is 0 Å². The molecule has 0 saturated carbocycles. The molecule has 1 aliphatic heterocycles. The molecule has 1 saturated heterocycles. The van der Waals surface area contributed by atoms with Crippen LogP contribution in [0.3, 0.4) is 0 Å². The maximum Gasteiger partial charge on any atom is 0.405 e. The van der Waals surface area contributed by atoms with Crippen LogP contribution in [0.25, 0.3) is 0 Å². The van der Waals surface area contributed by atoms with Gasteiger partial charge in [0.1, 0.15) is 18.3 Å². The van der Waals surface area contributed by atoms with Crippen molar-refractivity contribution in [3.8, 4) is 5.75 Å². The van der Waals surface area contributed by atoms with Gasteiger partial charge in [0.2, 0.25) is 5.91 Å². The van der Waals surface area contributed by atoms with Gasteiger partial charge in [0.15, 0.2) is 6.10 Å². The molecule has 0 bridgehead atoms. The van der Waals surface area contributed by atoms with Gasteiger partial charge in [-0.25, -0.2) is 8.78 Å². The van der Waals surface area contributed by atoms with E-state index in [0.717, 1.165) is 13.8 Å². The fourth-order valence-corrected chi connectivity index (χ4v) is 4.88. The Bertz CT molecular complexity index is 1370. The second kappa shape index (κ2) is 12.7. The number of likely N-dealkylation sites (tertiary alicyclic amines) is 1. The topological polar surface area (TPSA) is 125 Å². The number of nitrogens with one attached hydrogen (secondary N) is 2. The van der Waals surface area contributed by atoms with Crippen LogP contribution in [0.15, 0.2) is 48.5 Å². The van der Waals surface area contributed by atoms with E-state index in [0.29, 0.717) is 10.5 Å². The molecule has 3 amide bonds. The lowest BCUT2D eigenvalue weighted by atomic mass is 9.81. The normalized spacial score (nSPS) is 18.8. The monoisotopic (exact) mass is 613 g/mol. The molecule has 234 valence electrons. The third-order valence-electron chi connectivity index (χ3n) is 7.33. The van der Waals surface area contributed by atoms with E-state index >= 15 is 8.78 Å². The van der Waals surface area contributed by atoms with Crippen LogP contribution in [-0.2, 0) is 20.8 Å². The maximum atomic E-state index is 15.0. The first-order valence-electron chi connectivity index (χ1n) is 13.2. The molecule has 3 atom stereocenters. The number of benzene rings is 2. The molecule has 9 nitrogen and oxygen atoms in total. The van der Waals surface area contributed by atoms with Gasteiger partial charge in [-0.1, -0.05) is 50.2 Å². The van der Waals surface area contributed by atoms with Gasteiger partial charge in [-0.2, -0.15) is 13.2 Å². The Balaban J connectivity index is 1.95. The van der Waals surface area contributed by atoms with Crippen LogP contribution in [0.1, 0.15) is 42.3 Å². The molecule has 1 aliphatic rings. The zero-order valence-corrected chi connectivity index (χ0v) is 23.8. The highest BCUT2D eigenvalue weighted by atomic mass is 19.4. The predicted molar refractivity (Wildman–Crippen MR) is 143 cm³/mol. The third kappa shape index (κ3) is 7.66.